The summed E-state index contributed by atoms with van der Waals surface area (Å²) >= 11 is 1.64. The molecule has 0 aliphatic carbocycles. The molecule has 2 aromatic heterocycles. The normalized spacial score (nSPS) is 11.1. The Morgan fingerprint density at radius 1 is 1.12 bits per heavy atom. The molecular formula is C25H32N4O3S. The number of amides is 1. The second kappa shape index (κ2) is 13.4. The van der Waals surface area contributed by atoms with E-state index in [0.717, 1.165) is 54.4 Å². The molecule has 1 amide bonds. The van der Waals surface area contributed by atoms with E-state index in [-0.39, 0.29) is 5.91 Å². The Balaban J connectivity index is 1.22. The van der Waals surface area contributed by atoms with Crippen LogP contribution in [0.15, 0.2) is 54.4 Å². The fourth-order valence-electron chi connectivity index (χ4n) is 3.35. The third kappa shape index (κ3) is 8.07. The van der Waals surface area contributed by atoms with Gasteiger partial charge in [-0.15, -0.1) is 11.3 Å². The van der Waals surface area contributed by atoms with Crippen LogP contribution in [0.25, 0.3) is 11.8 Å². The van der Waals surface area contributed by atoms with Crippen molar-refractivity contribution in [3.8, 4) is 17.2 Å². The van der Waals surface area contributed by atoms with Crippen molar-refractivity contribution in [1.29, 1.82) is 0 Å². The lowest BCUT2D eigenvalue weighted by Gasteiger charge is -2.10. The fourth-order valence-corrected chi connectivity index (χ4v) is 4.16. The SMILES string of the molecule is COc1ccc(CCCNCCCNC(=O)C/C=C/c2cc(-n3ccnc3)cs2)cc1OC. The predicted molar refractivity (Wildman–Crippen MR) is 133 cm³/mol. The maximum Gasteiger partial charge on any atom is 0.223 e. The highest BCUT2D eigenvalue weighted by Crippen LogP contribution is 2.27. The van der Waals surface area contributed by atoms with Gasteiger partial charge in [-0.25, -0.2) is 4.98 Å². The van der Waals surface area contributed by atoms with Gasteiger partial charge < -0.3 is 24.7 Å². The molecule has 0 atom stereocenters. The number of carbonyl (C=O) groups is 1. The number of aryl methyl sites for hydroxylation is 1. The van der Waals surface area contributed by atoms with Gasteiger partial charge in [0.1, 0.15) is 0 Å². The molecule has 0 saturated heterocycles. The highest BCUT2D eigenvalue weighted by molar-refractivity contribution is 7.11. The van der Waals surface area contributed by atoms with Gasteiger partial charge in [-0.1, -0.05) is 12.1 Å². The summed E-state index contributed by atoms with van der Waals surface area (Å²) in [7, 11) is 3.30. The van der Waals surface area contributed by atoms with Gasteiger partial charge in [-0.05, 0) is 62.2 Å². The minimum Gasteiger partial charge on any atom is -0.493 e. The van der Waals surface area contributed by atoms with Crippen LogP contribution in [0, 0.1) is 0 Å². The van der Waals surface area contributed by atoms with Crippen molar-refractivity contribution in [3.63, 3.8) is 0 Å². The first-order chi connectivity index (χ1) is 16.2. The highest BCUT2D eigenvalue weighted by atomic mass is 32.1. The molecule has 33 heavy (non-hydrogen) atoms. The van der Waals surface area contributed by atoms with Crippen LogP contribution in [-0.4, -0.2) is 49.3 Å². The predicted octanol–water partition coefficient (Wildman–Crippen LogP) is 4.08. The Kier molecular flexibility index (Phi) is 10.0. The first-order valence-electron chi connectivity index (χ1n) is 11.1. The molecule has 2 N–H and O–H groups in total. The van der Waals surface area contributed by atoms with Gasteiger partial charge in [0.25, 0.3) is 0 Å². The lowest BCUT2D eigenvalue weighted by atomic mass is 10.1. The van der Waals surface area contributed by atoms with Gasteiger partial charge >= 0.3 is 0 Å². The molecule has 3 aromatic rings. The summed E-state index contributed by atoms with van der Waals surface area (Å²) in [5.41, 5.74) is 2.31. The maximum absolute atomic E-state index is 12.0. The Morgan fingerprint density at radius 3 is 2.76 bits per heavy atom. The number of hydrogen-bond acceptors (Lipinski definition) is 6. The lowest BCUT2D eigenvalue weighted by molar-refractivity contribution is -0.120. The quantitative estimate of drug-likeness (QED) is 0.349. The lowest BCUT2D eigenvalue weighted by Crippen LogP contribution is -2.27. The molecule has 0 aliphatic heterocycles. The van der Waals surface area contributed by atoms with Crippen LogP contribution in [0.3, 0.4) is 0 Å². The van der Waals surface area contributed by atoms with E-state index in [4.69, 9.17) is 9.47 Å². The van der Waals surface area contributed by atoms with E-state index >= 15 is 0 Å². The van der Waals surface area contributed by atoms with Gasteiger partial charge in [0.15, 0.2) is 11.5 Å². The molecule has 8 heteroatoms. The molecule has 7 nitrogen and oxygen atoms in total. The van der Waals surface area contributed by atoms with Crippen LogP contribution in [0.2, 0.25) is 0 Å². The van der Waals surface area contributed by atoms with Crippen molar-refractivity contribution in [2.75, 3.05) is 33.9 Å². The molecule has 176 valence electrons. The number of methoxy groups -OCH3 is 2. The van der Waals surface area contributed by atoms with E-state index in [9.17, 15) is 4.79 Å². The molecule has 1 aromatic carbocycles. The molecule has 0 aliphatic rings. The third-order valence-electron chi connectivity index (χ3n) is 5.11. The van der Waals surface area contributed by atoms with Crippen molar-refractivity contribution in [2.45, 2.75) is 25.7 Å². The Bertz CT molecular complexity index is 1010. The van der Waals surface area contributed by atoms with Crippen LogP contribution in [-0.2, 0) is 11.2 Å². The topological polar surface area (TPSA) is 77.4 Å². The van der Waals surface area contributed by atoms with Crippen molar-refractivity contribution in [3.05, 3.63) is 64.9 Å². The zero-order chi connectivity index (χ0) is 23.3. The molecule has 0 radical (unpaired) electrons. The van der Waals surface area contributed by atoms with Crippen molar-refractivity contribution in [1.82, 2.24) is 20.2 Å². The summed E-state index contributed by atoms with van der Waals surface area (Å²) in [5, 5.41) is 8.48. The van der Waals surface area contributed by atoms with E-state index in [1.807, 2.05) is 35.0 Å². The molecule has 0 unspecified atom stereocenters. The van der Waals surface area contributed by atoms with Gasteiger partial charge in [0.05, 0.1) is 26.2 Å². The summed E-state index contributed by atoms with van der Waals surface area (Å²) < 4.78 is 12.6. The van der Waals surface area contributed by atoms with Crippen LogP contribution in [0.5, 0.6) is 11.5 Å². The number of nitrogens with zero attached hydrogens (tertiary/aromatic N) is 2. The molecule has 2 heterocycles. The second-order valence-electron chi connectivity index (χ2n) is 7.53. The molecule has 0 bridgehead atoms. The summed E-state index contributed by atoms with van der Waals surface area (Å²) in [5.74, 6) is 1.57. The zero-order valence-electron chi connectivity index (χ0n) is 19.3. The number of benzene rings is 1. The van der Waals surface area contributed by atoms with E-state index in [1.54, 1.807) is 38.1 Å². The minimum atomic E-state index is 0.0473. The van der Waals surface area contributed by atoms with Crippen molar-refractivity contribution >= 4 is 23.3 Å². The zero-order valence-corrected chi connectivity index (χ0v) is 20.1. The molecule has 0 fully saturated rings. The van der Waals surface area contributed by atoms with Crippen LogP contribution in [0.4, 0.5) is 0 Å². The van der Waals surface area contributed by atoms with Crippen molar-refractivity contribution < 1.29 is 14.3 Å². The molecule has 3 rings (SSSR count). The summed E-state index contributed by atoms with van der Waals surface area (Å²) in [6.45, 7) is 2.50. The fraction of sp³-hybridized carbons (Fsp3) is 0.360. The summed E-state index contributed by atoms with van der Waals surface area (Å²) in [4.78, 5) is 17.2. The number of imidazole rings is 1. The minimum absolute atomic E-state index is 0.0473. The van der Waals surface area contributed by atoms with Crippen LogP contribution >= 0.6 is 11.3 Å². The maximum atomic E-state index is 12.0. The summed E-state index contributed by atoms with van der Waals surface area (Å²) in [6.07, 6.45) is 12.7. The molecule has 0 saturated carbocycles. The van der Waals surface area contributed by atoms with Crippen LogP contribution < -0.4 is 20.1 Å². The molecule has 0 spiro atoms. The Labute approximate surface area is 199 Å². The number of ether oxygens (including phenoxy) is 2. The van der Waals surface area contributed by atoms with E-state index < -0.39 is 0 Å². The first kappa shape index (κ1) is 24.5. The van der Waals surface area contributed by atoms with Gasteiger partial charge in [-0.3, -0.25) is 4.79 Å². The van der Waals surface area contributed by atoms with Crippen LogP contribution in [0.1, 0.15) is 29.7 Å². The number of aromatic nitrogens is 2. The first-order valence-corrected chi connectivity index (χ1v) is 12.0. The average Bonchev–Trinajstić information content (AvgIpc) is 3.53. The highest BCUT2D eigenvalue weighted by Gasteiger charge is 2.04. The van der Waals surface area contributed by atoms with E-state index in [2.05, 4.69) is 33.1 Å². The monoisotopic (exact) mass is 468 g/mol. The Morgan fingerprint density at radius 2 is 1.97 bits per heavy atom. The molecular weight excluding hydrogens is 436 g/mol. The Hall–Kier alpha value is -3.10. The second-order valence-corrected chi connectivity index (χ2v) is 8.47. The smallest absolute Gasteiger partial charge is 0.223 e. The number of rotatable bonds is 14. The van der Waals surface area contributed by atoms with Crippen molar-refractivity contribution in [2.24, 2.45) is 0 Å². The third-order valence-corrected chi connectivity index (χ3v) is 6.00. The number of carbonyl (C=O) groups excluding carboxylic acids is 1. The number of nitrogens with one attached hydrogen (secondary N) is 2. The van der Waals surface area contributed by atoms with Gasteiger partial charge in [-0.2, -0.15) is 0 Å². The average molecular weight is 469 g/mol. The largest absolute Gasteiger partial charge is 0.493 e. The van der Waals surface area contributed by atoms with Gasteiger partial charge in [0, 0.05) is 35.6 Å². The van der Waals surface area contributed by atoms with Gasteiger partial charge in [0.2, 0.25) is 5.91 Å². The van der Waals surface area contributed by atoms with E-state index in [1.165, 1.54) is 5.56 Å². The standard InChI is InChI=1S/C25H32N4O3S/c1-31-23-10-9-20(16-24(23)32-2)6-4-11-26-12-5-13-28-25(30)8-3-7-22-17-21(18-33-22)29-15-14-27-19-29/h3,7,9-10,14-19,26H,4-6,8,11-13H2,1-2H3,(H,28,30)/b7-3+. The number of hydrogen-bond donors (Lipinski definition) is 2. The summed E-state index contributed by atoms with van der Waals surface area (Å²) in [6, 6.07) is 8.12. The number of thiophene rings is 1. The van der Waals surface area contributed by atoms with E-state index in [0.29, 0.717) is 13.0 Å².